The van der Waals surface area contributed by atoms with E-state index < -0.39 is 16.6 Å². The maximum absolute atomic E-state index is 12.3. The fraction of sp³-hybridized carbons (Fsp3) is 0.259. The van der Waals surface area contributed by atoms with Gasteiger partial charge in [-0.1, -0.05) is 96.1 Å². The van der Waals surface area contributed by atoms with Gasteiger partial charge in [-0.25, -0.2) is 0 Å². The van der Waals surface area contributed by atoms with Crippen molar-refractivity contribution in [2.45, 2.75) is 43.3 Å². The van der Waals surface area contributed by atoms with Gasteiger partial charge in [0.2, 0.25) is 0 Å². The molecule has 0 heterocycles. The van der Waals surface area contributed by atoms with Crippen LogP contribution in [0.5, 0.6) is 0 Å². The van der Waals surface area contributed by atoms with Crippen LogP contribution in [0.1, 0.15) is 37.8 Å². The highest BCUT2D eigenvalue weighted by atomic mass is 16.3. The van der Waals surface area contributed by atoms with E-state index >= 15 is 0 Å². The Bertz CT molecular complexity index is 1030. The summed E-state index contributed by atoms with van der Waals surface area (Å²) in [5.41, 5.74) is 2.84. The van der Waals surface area contributed by atoms with Crippen molar-refractivity contribution in [1.29, 1.82) is 0 Å². The molecule has 0 aromatic heterocycles. The molecule has 2 aromatic carbocycles. The molecule has 0 radical (unpaired) electrons. The van der Waals surface area contributed by atoms with Crippen molar-refractivity contribution in [3.05, 3.63) is 107 Å². The number of benzene rings is 2. The van der Waals surface area contributed by atoms with Crippen molar-refractivity contribution in [2.75, 3.05) is 0 Å². The van der Waals surface area contributed by atoms with Crippen LogP contribution in [0, 0.1) is 0 Å². The zero-order valence-corrected chi connectivity index (χ0v) is 16.9. The Labute approximate surface area is 172 Å². The van der Waals surface area contributed by atoms with Gasteiger partial charge in [0.15, 0.2) is 0 Å². The zero-order chi connectivity index (χ0) is 20.3. The van der Waals surface area contributed by atoms with E-state index in [-0.39, 0.29) is 0 Å². The number of hydrogen-bond donors (Lipinski definition) is 2. The second kappa shape index (κ2) is 6.16. The highest BCUT2D eigenvalue weighted by Crippen LogP contribution is 2.63. The number of allylic oxidation sites excluding steroid dienone is 4. The lowest BCUT2D eigenvalue weighted by atomic mass is 9.52. The summed E-state index contributed by atoms with van der Waals surface area (Å²) in [5, 5.41) is 24.7. The van der Waals surface area contributed by atoms with Crippen molar-refractivity contribution < 1.29 is 10.2 Å². The number of aliphatic hydroxyl groups is 2. The molecule has 0 saturated heterocycles. The van der Waals surface area contributed by atoms with Crippen molar-refractivity contribution in [3.8, 4) is 11.1 Å². The quantitative estimate of drug-likeness (QED) is 0.747. The Morgan fingerprint density at radius 2 is 1.07 bits per heavy atom. The van der Waals surface area contributed by atoms with E-state index in [9.17, 15) is 10.2 Å². The maximum Gasteiger partial charge on any atom is 0.104 e. The lowest BCUT2D eigenvalue weighted by Crippen LogP contribution is -2.64. The molecule has 3 aliphatic carbocycles. The molecular weight excluding hydrogens is 356 g/mol. The Morgan fingerprint density at radius 1 is 0.655 bits per heavy atom. The van der Waals surface area contributed by atoms with Gasteiger partial charge >= 0.3 is 0 Å². The van der Waals surface area contributed by atoms with Crippen LogP contribution in [0.2, 0.25) is 0 Å². The molecule has 5 rings (SSSR count). The topological polar surface area (TPSA) is 40.5 Å². The Balaban J connectivity index is 1.92. The average molecular weight is 383 g/mol. The normalized spacial score (nSPS) is 29.1. The Hall–Kier alpha value is -2.68. The average Bonchev–Trinajstić information content (AvgIpc) is 3.00. The smallest absolute Gasteiger partial charge is 0.104 e. The summed E-state index contributed by atoms with van der Waals surface area (Å²) in [7, 11) is 0. The van der Waals surface area contributed by atoms with Crippen LogP contribution in [-0.2, 0) is 5.41 Å². The van der Waals surface area contributed by atoms with E-state index in [4.69, 9.17) is 0 Å². The molecule has 0 fully saturated rings. The molecule has 2 atom stereocenters. The first-order chi connectivity index (χ1) is 13.9. The SMILES string of the molecule is CC1=CC=CC(O)(C2(C3(O)C=CC=C(C)C3)c3ccccc3-c3ccccc32)C1. The summed E-state index contributed by atoms with van der Waals surface area (Å²) < 4.78 is 0. The van der Waals surface area contributed by atoms with Crippen molar-refractivity contribution in [1.82, 2.24) is 0 Å². The van der Waals surface area contributed by atoms with Crippen LogP contribution in [0.25, 0.3) is 11.1 Å². The molecule has 2 N–H and O–H groups in total. The molecule has 0 saturated carbocycles. The van der Waals surface area contributed by atoms with E-state index in [1.165, 1.54) is 0 Å². The molecule has 2 aromatic rings. The molecule has 146 valence electrons. The van der Waals surface area contributed by atoms with Gasteiger partial charge in [-0.2, -0.15) is 0 Å². The monoisotopic (exact) mass is 382 g/mol. The third-order valence-electron chi connectivity index (χ3n) is 6.85. The molecular formula is C27H26O2. The first-order valence-corrected chi connectivity index (χ1v) is 10.3. The van der Waals surface area contributed by atoms with Crippen LogP contribution >= 0.6 is 0 Å². The number of fused-ring (bicyclic) bond motifs is 3. The Morgan fingerprint density at radius 3 is 1.48 bits per heavy atom. The summed E-state index contributed by atoms with van der Waals surface area (Å²) >= 11 is 0. The summed E-state index contributed by atoms with van der Waals surface area (Å²) in [4.78, 5) is 0. The molecule has 0 spiro atoms. The standard InChI is InChI=1S/C27H26O2/c1-19-9-7-15-25(28,17-19)27(26(29)16-8-10-20(2)18-26)23-13-5-3-11-21(23)22-12-4-6-14-24(22)27/h3-16,28-29H,17-18H2,1-2H3. The second-order valence-electron chi connectivity index (χ2n) is 8.79. The lowest BCUT2D eigenvalue weighted by Gasteiger charge is -2.55. The van der Waals surface area contributed by atoms with E-state index in [2.05, 4.69) is 24.3 Å². The third kappa shape index (κ3) is 2.30. The van der Waals surface area contributed by atoms with E-state index in [0.717, 1.165) is 33.4 Å². The molecule has 2 heteroatoms. The van der Waals surface area contributed by atoms with Gasteiger partial charge in [-0.15, -0.1) is 0 Å². The van der Waals surface area contributed by atoms with Gasteiger partial charge in [0.25, 0.3) is 0 Å². The minimum Gasteiger partial charge on any atom is -0.384 e. The largest absolute Gasteiger partial charge is 0.384 e. The van der Waals surface area contributed by atoms with E-state index in [1.54, 1.807) is 0 Å². The first kappa shape index (κ1) is 18.4. The predicted octanol–water partition coefficient (Wildman–Crippen LogP) is 5.23. The molecule has 2 nitrogen and oxygen atoms in total. The van der Waals surface area contributed by atoms with Gasteiger partial charge in [-0.05, 0) is 36.1 Å². The fourth-order valence-corrected chi connectivity index (χ4v) is 5.89. The predicted molar refractivity (Wildman–Crippen MR) is 118 cm³/mol. The summed E-state index contributed by atoms with van der Waals surface area (Å²) in [6, 6.07) is 16.4. The van der Waals surface area contributed by atoms with Crippen molar-refractivity contribution in [2.24, 2.45) is 0 Å². The summed E-state index contributed by atoms with van der Waals surface area (Å²) in [5.74, 6) is 0. The highest BCUT2D eigenvalue weighted by Gasteiger charge is 2.66. The van der Waals surface area contributed by atoms with Gasteiger partial charge in [-0.3, -0.25) is 0 Å². The van der Waals surface area contributed by atoms with E-state index in [1.807, 2.05) is 74.6 Å². The lowest BCUT2D eigenvalue weighted by molar-refractivity contribution is -0.0827. The fourth-order valence-electron chi connectivity index (χ4n) is 5.89. The first-order valence-electron chi connectivity index (χ1n) is 10.3. The van der Waals surface area contributed by atoms with Gasteiger partial charge in [0, 0.05) is 12.8 Å². The second-order valence-corrected chi connectivity index (χ2v) is 8.79. The Kier molecular flexibility index (Phi) is 3.90. The zero-order valence-electron chi connectivity index (χ0n) is 16.9. The van der Waals surface area contributed by atoms with Crippen LogP contribution < -0.4 is 0 Å². The van der Waals surface area contributed by atoms with Gasteiger partial charge in [0.05, 0.1) is 5.41 Å². The molecule has 0 bridgehead atoms. The third-order valence-corrected chi connectivity index (χ3v) is 6.85. The van der Waals surface area contributed by atoms with Crippen molar-refractivity contribution in [3.63, 3.8) is 0 Å². The van der Waals surface area contributed by atoms with Crippen LogP contribution in [0.4, 0.5) is 0 Å². The number of hydrogen-bond acceptors (Lipinski definition) is 2. The summed E-state index contributed by atoms with van der Waals surface area (Å²) in [6.45, 7) is 4.09. The van der Waals surface area contributed by atoms with Crippen LogP contribution in [0.3, 0.4) is 0 Å². The van der Waals surface area contributed by atoms with E-state index in [0.29, 0.717) is 12.8 Å². The number of rotatable bonds is 2. The van der Waals surface area contributed by atoms with Crippen molar-refractivity contribution >= 4 is 0 Å². The molecule has 0 amide bonds. The minimum absolute atomic E-state index is 0.477. The molecule has 2 unspecified atom stereocenters. The highest BCUT2D eigenvalue weighted by molar-refractivity contribution is 5.84. The molecule has 0 aliphatic heterocycles. The summed E-state index contributed by atoms with van der Waals surface area (Å²) in [6.07, 6.45) is 12.7. The van der Waals surface area contributed by atoms with Gasteiger partial charge < -0.3 is 10.2 Å². The minimum atomic E-state index is -1.26. The van der Waals surface area contributed by atoms with Crippen LogP contribution in [0.15, 0.2) is 96.1 Å². The van der Waals surface area contributed by atoms with Gasteiger partial charge in [0.1, 0.15) is 11.2 Å². The molecule has 3 aliphatic rings. The maximum atomic E-state index is 12.3. The van der Waals surface area contributed by atoms with Crippen LogP contribution in [-0.4, -0.2) is 21.4 Å². The molecule has 29 heavy (non-hydrogen) atoms.